The Bertz CT molecular complexity index is 309. The lowest BCUT2D eigenvalue weighted by molar-refractivity contribution is -0.496. The summed E-state index contributed by atoms with van der Waals surface area (Å²) in [4.78, 5) is 9.66. The van der Waals surface area contributed by atoms with Crippen LogP contribution in [0.4, 0.5) is 0 Å². The molecule has 1 aromatic rings. The Morgan fingerprint density at radius 3 is 2.83 bits per heavy atom. The predicted molar refractivity (Wildman–Crippen MR) is 43.5 cm³/mol. The van der Waals surface area contributed by atoms with Crippen molar-refractivity contribution in [1.82, 2.24) is 0 Å². The number of nitro groups is 1. The molecule has 0 aliphatic carbocycles. The van der Waals surface area contributed by atoms with Gasteiger partial charge in [-0.2, -0.15) is 0 Å². The van der Waals surface area contributed by atoms with Crippen LogP contribution < -0.4 is 0 Å². The van der Waals surface area contributed by atoms with E-state index in [1.165, 1.54) is 6.07 Å². The molecule has 0 aliphatic heterocycles. The SMILES string of the molecule is Cc1ccc(O)c(C[N+](=O)[O-])c1. The van der Waals surface area contributed by atoms with Crippen molar-refractivity contribution < 1.29 is 10.0 Å². The van der Waals surface area contributed by atoms with Crippen molar-refractivity contribution in [3.8, 4) is 5.75 Å². The fourth-order valence-electron chi connectivity index (χ4n) is 0.980. The van der Waals surface area contributed by atoms with Crippen LogP contribution in [0.2, 0.25) is 0 Å². The molecule has 12 heavy (non-hydrogen) atoms. The van der Waals surface area contributed by atoms with E-state index in [0.29, 0.717) is 5.56 Å². The fraction of sp³-hybridized carbons (Fsp3) is 0.250. The molecule has 0 saturated heterocycles. The standard InChI is InChI=1S/C8H9NO3/c1-6-2-3-8(10)7(4-6)5-9(11)12/h2-4,10H,5H2,1H3. The maximum absolute atomic E-state index is 10.1. The van der Waals surface area contributed by atoms with Crippen LogP contribution in [0.15, 0.2) is 18.2 Å². The minimum Gasteiger partial charge on any atom is -0.507 e. The van der Waals surface area contributed by atoms with Crippen LogP contribution >= 0.6 is 0 Å². The smallest absolute Gasteiger partial charge is 0.232 e. The first kappa shape index (κ1) is 8.52. The molecule has 1 N–H and O–H groups in total. The molecule has 0 amide bonds. The maximum atomic E-state index is 10.1. The van der Waals surface area contributed by atoms with E-state index >= 15 is 0 Å². The molecule has 4 nitrogen and oxygen atoms in total. The number of nitrogens with zero attached hydrogens (tertiary/aromatic N) is 1. The normalized spacial score (nSPS) is 9.75. The van der Waals surface area contributed by atoms with Crippen LogP contribution in [0.5, 0.6) is 5.75 Å². The molecule has 4 heteroatoms. The fourth-order valence-corrected chi connectivity index (χ4v) is 0.980. The lowest BCUT2D eigenvalue weighted by Gasteiger charge is -2.00. The van der Waals surface area contributed by atoms with Gasteiger partial charge >= 0.3 is 0 Å². The molecule has 1 aromatic carbocycles. The van der Waals surface area contributed by atoms with Crippen LogP contribution in [-0.2, 0) is 6.54 Å². The lowest BCUT2D eigenvalue weighted by Crippen LogP contribution is -1.98. The largest absolute Gasteiger partial charge is 0.507 e. The molecule has 0 aromatic heterocycles. The Kier molecular flexibility index (Phi) is 2.28. The summed E-state index contributed by atoms with van der Waals surface area (Å²) < 4.78 is 0. The van der Waals surface area contributed by atoms with E-state index in [-0.39, 0.29) is 12.3 Å². The molecule has 0 unspecified atom stereocenters. The van der Waals surface area contributed by atoms with Gasteiger partial charge in [0.1, 0.15) is 5.75 Å². The van der Waals surface area contributed by atoms with Crippen LogP contribution in [-0.4, -0.2) is 10.0 Å². The average Bonchev–Trinajstić information content (AvgIpc) is 1.96. The summed E-state index contributed by atoms with van der Waals surface area (Å²) in [6.07, 6.45) is 0. The van der Waals surface area contributed by atoms with E-state index in [4.69, 9.17) is 0 Å². The van der Waals surface area contributed by atoms with E-state index < -0.39 is 4.92 Å². The number of rotatable bonds is 2. The third kappa shape index (κ3) is 1.95. The predicted octanol–water partition coefficient (Wildman–Crippen LogP) is 1.48. The summed E-state index contributed by atoms with van der Waals surface area (Å²) in [5.41, 5.74) is 1.27. The van der Waals surface area contributed by atoms with Crippen molar-refractivity contribution in [2.45, 2.75) is 13.5 Å². The topological polar surface area (TPSA) is 63.4 Å². The Morgan fingerprint density at radius 2 is 2.25 bits per heavy atom. The van der Waals surface area contributed by atoms with Crippen molar-refractivity contribution in [3.05, 3.63) is 39.4 Å². The number of hydrogen-bond acceptors (Lipinski definition) is 3. The summed E-state index contributed by atoms with van der Waals surface area (Å²) >= 11 is 0. The molecule has 0 heterocycles. The zero-order valence-electron chi connectivity index (χ0n) is 6.65. The van der Waals surface area contributed by atoms with Crippen LogP contribution in [0.3, 0.4) is 0 Å². The highest BCUT2D eigenvalue weighted by Gasteiger charge is 2.06. The number of aromatic hydroxyl groups is 1. The van der Waals surface area contributed by atoms with E-state index in [2.05, 4.69) is 0 Å². The van der Waals surface area contributed by atoms with Crippen molar-refractivity contribution in [1.29, 1.82) is 0 Å². The maximum Gasteiger partial charge on any atom is 0.232 e. The van der Waals surface area contributed by atoms with E-state index in [0.717, 1.165) is 5.56 Å². The summed E-state index contributed by atoms with van der Waals surface area (Å²) in [5, 5.41) is 19.3. The summed E-state index contributed by atoms with van der Waals surface area (Å²) in [6.45, 7) is 1.50. The Balaban J connectivity index is 2.97. The molecular formula is C8H9NO3. The Morgan fingerprint density at radius 1 is 1.58 bits per heavy atom. The highest BCUT2D eigenvalue weighted by atomic mass is 16.6. The molecule has 0 spiro atoms. The summed E-state index contributed by atoms with van der Waals surface area (Å²) in [6, 6.07) is 4.78. The Labute approximate surface area is 69.6 Å². The van der Waals surface area contributed by atoms with Gasteiger partial charge in [0, 0.05) is 4.92 Å². The summed E-state index contributed by atoms with van der Waals surface area (Å²) in [7, 11) is 0. The van der Waals surface area contributed by atoms with Crippen molar-refractivity contribution in [2.75, 3.05) is 0 Å². The number of phenols is 1. The molecule has 64 valence electrons. The molecule has 0 aliphatic rings. The highest BCUT2D eigenvalue weighted by molar-refractivity contribution is 5.34. The molecule has 0 radical (unpaired) electrons. The number of aryl methyl sites for hydroxylation is 1. The third-order valence-electron chi connectivity index (χ3n) is 1.53. The van der Waals surface area contributed by atoms with Gasteiger partial charge in [0.15, 0.2) is 0 Å². The monoisotopic (exact) mass is 167 g/mol. The first-order valence-electron chi connectivity index (χ1n) is 3.50. The molecule has 0 bridgehead atoms. The second-order valence-corrected chi connectivity index (χ2v) is 2.62. The van der Waals surface area contributed by atoms with Crippen molar-refractivity contribution >= 4 is 0 Å². The van der Waals surface area contributed by atoms with Gasteiger partial charge in [-0.3, -0.25) is 10.1 Å². The lowest BCUT2D eigenvalue weighted by atomic mass is 10.1. The van der Waals surface area contributed by atoms with Crippen molar-refractivity contribution in [2.24, 2.45) is 0 Å². The zero-order chi connectivity index (χ0) is 9.14. The molecule has 0 fully saturated rings. The molecule has 0 saturated carbocycles. The van der Waals surface area contributed by atoms with Crippen LogP contribution in [0.1, 0.15) is 11.1 Å². The first-order chi connectivity index (χ1) is 5.59. The zero-order valence-corrected chi connectivity index (χ0v) is 6.65. The second-order valence-electron chi connectivity index (χ2n) is 2.62. The third-order valence-corrected chi connectivity index (χ3v) is 1.53. The van der Waals surface area contributed by atoms with E-state index in [1.54, 1.807) is 12.1 Å². The Hall–Kier alpha value is -1.58. The molecule has 0 atom stereocenters. The van der Waals surface area contributed by atoms with Gasteiger partial charge in [-0.15, -0.1) is 0 Å². The number of phenolic OH excluding ortho intramolecular Hbond substituents is 1. The van der Waals surface area contributed by atoms with E-state index in [9.17, 15) is 15.2 Å². The minimum atomic E-state index is -0.464. The number of hydrogen-bond donors (Lipinski definition) is 1. The van der Waals surface area contributed by atoms with Gasteiger partial charge in [-0.25, -0.2) is 0 Å². The van der Waals surface area contributed by atoms with Crippen molar-refractivity contribution in [3.63, 3.8) is 0 Å². The molecule has 1 rings (SSSR count). The van der Waals surface area contributed by atoms with Gasteiger partial charge < -0.3 is 5.11 Å². The quantitative estimate of drug-likeness (QED) is 0.536. The first-order valence-corrected chi connectivity index (χ1v) is 3.50. The summed E-state index contributed by atoms with van der Waals surface area (Å²) in [5.74, 6) is -0.0164. The van der Waals surface area contributed by atoms with Crippen LogP contribution in [0, 0.1) is 17.0 Å². The van der Waals surface area contributed by atoms with Gasteiger partial charge in [0.2, 0.25) is 6.54 Å². The second kappa shape index (κ2) is 3.21. The minimum absolute atomic E-state index is 0.0164. The van der Waals surface area contributed by atoms with Gasteiger partial charge in [-0.1, -0.05) is 11.6 Å². The van der Waals surface area contributed by atoms with Gasteiger partial charge in [0.05, 0.1) is 5.56 Å². The highest BCUT2D eigenvalue weighted by Crippen LogP contribution is 2.18. The van der Waals surface area contributed by atoms with Crippen LogP contribution in [0.25, 0.3) is 0 Å². The number of benzene rings is 1. The van der Waals surface area contributed by atoms with Gasteiger partial charge in [0.25, 0.3) is 0 Å². The van der Waals surface area contributed by atoms with E-state index in [1.807, 2.05) is 6.92 Å². The van der Waals surface area contributed by atoms with Gasteiger partial charge in [-0.05, 0) is 19.1 Å². The molecular weight excluding hydrogens is 158 g/mol. The average molecular weight is 167 g/mol.